The number of rotatable bonds is 9. The molecule has 0 saturated heterocycles. The monoisotopic (exact) mass is 384 g/mol. The Hall–Kier alpha value is -2.53. The van der Waals surface area contributed by atoms with E-state index in [1.54, 1.807) is 13.2 Å². The highest BCUT2D eigenvalue weighted by Gasteiger charge is 2.15. The number of thiocarbonyl (C=S) groups is 1. The van der Waals surface area contributed by atoms with Crippen LogP contribution >= 0.6 is 12.2 Å². The van der Waals surface area contributed by atoms with Gasteiger partial charge in [-0.2, -0.15) is 0 Å². The average Bonchev–Trinajstić information content (AvgIpc) is 2.66. The average molecular weight is 385 g/mol. The highest BCUT2D eigenvalue weighted by molar-refractivity contribution is 7.80. The van der Waals surface area contributed by atoms with E-state index in [-0.39, 0.29) is 6.04 Å². The lowest BCUT2D eigenvalue weighted by atomic mass is 9.97. The first-order valence-electron chi connectivity index (χ1n) is 9.07. The third kappa shape index (κ3) is 6.94. The van der Waals surface area contributed by atoms with Crippen LogP contribution < -0.4 is 20.1 Å². The van der Waals surface area contributed by atoms with Crippen molar-refractivity contribution >= 4 is 23.0 Å². The van der Waals surface area contributed by atoms with E-state index in [0.29, 0.717) is 17.6 Å². The highest BCUT2D eigenvalue weighted by Crippen LogP contribution is 2.24. The molecule has 1 atom stereocenters. The van der Waals surface area contributed by atoms with Gasteiger partial charge in [0.1, 0.15) is 18.1 Å². The fraction of sp³-hybridized carbons (Fsp3) is 0.318. The summed E-state index contributed by atoms with van der Waals surface area (Å²) in [6.07, 6.45) is 2.69. The van der Waals surface area contributed by atoms with Gasteiger partial charge in [0.15, 0.2) is 5.11 Å². The van der Waals surface area contributed by atoms with E-state index in [9.17, 15) is 0 Å². The molecule has 5 heteroatoms. The summed E-state index contributed by atoms with van der Waals surface area (Å²) >= 11 is 5.54. The van der Waals surface area contributed by atoms with Gasteiger partial charge in [-0.15, -0.1) is 0 Å². The van der Waals surface area contributed by atoms with Gasteiger partial charge in [0, 0.05) is 11.8 Å². The van der Waals surface area contributed by atoms with Gasteiger partial charge in [0.2, 0.25) is 0 Å². The zero-order valence-electron chi connectivity index (χ0n) is 16.2. The number of anilines is 1. The lowest BCUT2D eigenvalue weighted by molar-refractivity contribution is 0.363. The number of ether oxygens (including phenoxy) is 2. The minimum atomic E-state index is 0.121. The summed E-state index contributed by atoms with van der Waals surface area (Å²) < 4.78 is 10.8. The van der Waals surface area contributed by atoms with Gasteiger partial charge in [0.25, 0.3) is 0 Å². The molecule has 0 aromatic heterocycles. The molecular weight excluding hydrogens is 356 g/mol. The maximum Gasteiger partial charge on any atom is 0.171 e. The van der Waals surface area contributed by atoms with Crippen molar-refractivity contribution in [2.45, 2.75) is 26.3 Å². The molecule has 0 heterocycles. The molecule has 0 amide bonds. The summed E-state index contributed by atoms with van der Waals surface area (Å²) in [5.74, 6) is 2.15. The molecular formula is C22H28N2O2S. The van der Waals surface area contributed by atoms with E-state index in [4.69, 9.17) is 21.7 Å². The third-order valence-electron chi connectivity index (χ3n) is 3.99. The predicted octanol–water partition coefficient (Wildman–Crippen LogP) is 5.33. The standard InChI is InChI=1S/C22H28N2O2S/c1-5-13-26-20-8-6-7-18(15-20)23-22(27)24-21(14-16(2)3)17-9-11-19(25-4)12-10-17/h5-12,15-16,21H,1,13-14H2,2-4H3,(H2,23,24,27). The summed E-state index contributed by atoms with van der Waals surface area (Å²) in [4.78, 5) is 0. The second-order valence-corrected chi connectivity index (χ2v) is 7.09. The van der Waals surface area contributed by atoms with Crippen molar-refractivity contribution in [3.05, 3.63) is 66.7 Å². The van der Waals surface area contributed by atoms with Crippen molar-refractivity contribution in [2.24, 2.45) is 5.92 Å². The molecule has 0 spiro atoms. The largest absolute Gasteiger partial charge is 0.497 e. The van der Waals surface area contributed by atoms with Crippen LogP contribution in [0.2, 0.25) is 0 Å². The van der Waals surface area contributed by atoms with Crippen molar-refractivity contribution in [3.8, 4) is 11.5 Å². The fourth-order valence-corrected chi connectivity index (χ4v) is 2.99. The molecule has 0 bridgehead atoms. The van der Waals surface area contributed by atoms with E-state index in [0.717, 1.165) is 23.6 Å². The topological polar surface area (TPSA) is 42.5 Å². The van der Waals surface area contributed by atoms with Crippen LogP contribution in [0.5, 0.6) is 11.5 Å². The van der Waals surface area contributed by atoms with Crippen LogP contribution in [0.1, 0.15) is 31.9 Å². The van der Waals surface area contributed by atoms with E-state index in [1.165, 1.54) is 5.56 Å². The van der Waals surface area contributed by atoms with Crippen LogP contribution in [-0.2, 0) is 0 Å². The number of hydrogen-bond donors (Lipinski definition) is 2. The van der Waals surface area contributed by atoms with Crippen molar-refractivity contribution in [3.63, 3.8) is 0 Å². The molecule has 0 radical (unpaired) electrons. The van der Waals surface area contributed by atoms with Crippen molar-refractivity contribution in [1.29, 1.82) is 0 Å². The van der Waals surface area contributed by atoms with Crippen molar-refractivity contribution in [1.82, 2.24) is 5.32 Å². The summed E-state index contributed by atoms with van der Waals surface area (Å²) in [6, 6.07) is 15.9. The van der Waals surface area contributed by atoms with Gasteiger partial charge in [-0.1, -0.05) is 44.7 Å². The molecule has 0 fully saturated rings. The molecule has 4 nitrogen and oxygen atoms in total. The van der Waals surface area contributed by atoms with Gasteiger partial charge >= 0.3 is 0 Å². The first-order valence-corrected chi connectivity index (χ1v) is 9.48. The zero-order chi connectivity index (χ0) is 19.6. The summed E-state index contributed by atoms with van der Waals surface area (Å²) in [7, 11) is 1.67. The molecule has 1 unspecified atom stereocenters. The quantitative estimate of drug-likeness (QED) is 0.452. The smallest absolute Gasteiger partial charge is 0.171 e. The second kappa shape index (κ2) is 10.6. The number of methoxy groups -OCH3 is 1. The second-order valence-electron chi connectivity index (χ2n) is 6.68. The number of benzene rings is 2. The molecule has 27 heavy (non-hydrogen) atoms. The Bertz CT molecular complexity index is 744. The van der Waals surface area contributed by atoms with Crippen LogP contribution in [0, 0.1) is 5.92 Å². The van der Waals surface area contributed by atoms with Crippen molar-refractivity contribution < 1.29 is 9.47 Å². The predicted molar refractivity (Wildman–Crippen MR) is 117 cm³/mol. The molecule has 0 aliphatic carbocycles. The molecule has 2 rings (SSSR count). The minimum absolute atomic E-state index is 0.121. The first-order chi connectivity index (χ1) is 13.0. The molecule has 0 saturated carbocycles. The van der Waals surface area contributed by atoms with Gasteiger partial charge in [0.05, 0.1) is 13.2 Å². The van der Waals surface area contributed by atoms with Crippen molar-refractivity contribution in [2.75, 3.05) is 19.0 Å². The Kier molecular flexibility index (Phi) is 8.14. The van der Waals surface area contributed by atoms with E-state index in [1.807, 2.05) is 36.4 Å². The van der Waals surface area contributed by atoms with Crippen LogP contribution in [0.4, 0.5) is 5.69 Å². The number of nitrogens with one attached hydrogen (secondary N) is 2. The molecule has 2 aromatic carbocycles. The lowest BCUT2D eigenvalue weighted by Gasteiger charge is -2.23. The van der Waals surface area contributed by atoms with Gasteiger partial charge < -0.3 is 20.1 Å². The Morgan fingerprint density at radius 2 is 1.89 bits per heavy atom. The Labute approximate surface area is 167 Å². The highest BCUT2D eigenvalue weighted by atomic mass is 32.1. The molecule has 144 valence electrons. The summed E-state index contributed by atoms with van der Waals surface area (Å²) in [6.45, 7) is 8.54. The fourth-order valence-electron chi connectivity index (χ4n) is 2.73. The van der Waals surface area contributed by atoms with Gasteiger partial charge in [-0.05, 0) is 54.4 Å². The lowest BCUT2D eigenvalue weighted by Crippen LogP contribution is -2.33. The van der Waals surface area contributed by atoms with Gasteiger partial charge in [-0.25, -0.2) is 0 Å². The minimum Gasteiger partial charge on any atom is -0.497 e. The van der Waals surface area contributed by atoms with Gasteiger partial charge in [-0.3, -0.25) is 0 Å². The number of hydrogen-bond acceptors (Lipinski definition) is 3. The van der Waals surface area contributed by atoms with E-state index >= 15 is 0 Å². The SMILES string of the molecule is C=CCOc1cccc(NC(=S)NC(CC(C)C)c2ccc(OC)cc2)c1. The Balaban J connectivity index is 2.05. The van der Waals surface area contributed by atoms with Crippen LogP contribution in [-0.4, -0.2) is 18.8 Å². The first kappa shape index (κ1) is 20.8. The summed E-state index contributed by atoms with van der Waals surface area (Å²) in [5.41, 5.74) is 2.06. The maximum absolute atomic E-state index is 5.57. The third-order valence-corrected chi connectivity index (χ3v) is 4.21. The Morgan fingerprint density at radius 3 is 2.52 bits per heavy atom. The Morgan fingerprint density at radius 1 is 1.15 bits per heavy atom. The van der Waals surface area contributed by atoms with Crippen LogP contribution in [0.15, 0.2) is 61.2 Å². The van der Waals surface area contributed by atoms with Crippen LogP contribution in [0.3, 0.4) is 0 Å². The normalized spacial score (nSPS) is 11.6. The van der Waals surface area contributed by atoms with E-state index in [2.05, 4.69) is 43.2 Å². The molecule has 0 aliphatic heterocycles. The molecule has 0 aliphatic rings. The molecule has 2 N–H and O–H groups in total. The van der Waals surface area contributed by atoms with E-state index < -0.39 is 0 Å². The van der Waals surface area contributed by atoms with Crippen LogP contribution in [0.25, 0.3) is 0 Å². The summed E-state index contributed by atoms with van der Waals surface area (Å²) in [5, 5.41) is 7.26. The zero-order valence-corrected chi connectivity index (χ0v) is 17.0. The maximum atomic E-state index is 5.57. The molecule has 2 aromatic rings.